The zero-order valence-electron chi connectivity index (χ0n) is 36.7. The summed E-state index contributed by atoms with van der Waals surface area (Å²) in [6, 6.07) is 64.7. The van der Waals surface area contributed by atoms with Gasteiger partial charge in [-0.1, -0.05) is 183 Å². The Bertz CT molecular complexity index is 3360. The van der Waals surface area contributed by atoms with Crippen LogP contribution in [0.15, 0.2) is 186 Å². The van der Waals surface area contributed by atoms with Gasteiger partial charge in [-0.25, -0.2) is 0 Å². The molecule has 2 aliphatic heterocycles. The third kappa shape index (κ3) is 6.14. The van der Waals surface area contributed by atoms with E-state index >= 15 is 0 Å². The van der Waals surface area contributed by atoms with E-state index in [-0.39, 0.29) is 0 Å². The van der Waals surface area contributed by atoms with Crippen LogP contribution in [0.4, 0.5) is 0 Å². The molecule has 12 rings (SSSR count). The van der Waals surface area contributed by atoms with Crippen molar-refractivity contribution in [2.75, 3.05) is 0 Å². The zero-order chi connectivity index (χ0) is 42.9. The average Bonchev–Trinajstić information content (AvgIpc) is 4.03. The molecule has 0 atom stereocenters. The van der Waals surface area contributed by atoms with Gasteiger partial charge in [0.2, 0.25) is 5.70 Å². The maximum Gasteiger partial charge on any atom is 0.700 e. The summed E-state index contributed by atoms with van der Waals surface area (Å²) in [5.41, 5.74) is 23.6. The van der Waals surface area contributed by atoms with Crippen LogP contribution in [0.2, 0.25) is 0 Å². The predicted octanol–water partition coefficient (Wildman–Crippen LogP) is 15.0. The van der Waals surface area contributed by atoms with E-state index in [2.05, 4.69) is 213 Å². The van der Waals surface area contributed by atoms with Crippen molar-refractivity contribution in [3.05, 3.63) is 232 Å². The molecule has 1 aliphatic carbocycles. The number of nitrogens with zero attached hydrogens (tertiary/aromatic N) is 2. The van der Waals surface area contributed by atoms with E-state index in [1.165, 1.54) is 110 Å². The number of rotatable bonds is 7. The summed E-state index contributed by atoms with van der Waals surface area (Å²) in [5, 5.41) is 2.36. The Morgan fingerprint density at radius 1 is 0.516 bits per heavy atom. The number of hydrogen-bond donors (Lipinski definition) is 0. The van der Waals surface area contributed by atoms with Gasteiger partial charge < -0.3 is 8.90 Å². The Kier molecular flexibility index (Phi) is 9.37. The van der Waals surface area contributed by atoms with Gasteiger partial charge in [-0.05, 0) is 96.7 Å². The lowest BCUT2D eigenvalue weighted by Crippen LogP contribution is -2.33. The first-order valence-electron chi connectivity index (χ1n) is 23.0. The van der Waals surface area contributed by atoms with Crippen molar-refractivity contribution in [2.45, 2.75) is 58.8 Å². The van der Waals surface area contributed by atoms with Crippen LogP contribution in [-0.4, -0.2) is 22.2 Å². The monoisotopic (exact) mass is 824 g/mol. The second kappa shape index (κ2) is 15.6. The first-order valence-corrected chi connectivity index (χ1v) is 23.0. The minimum atomic E-state index is 0.517. The lowest BCUT2D eigenvalue weighted by molar-refractivity contribution is -0.310. The van der Waals surface area contributed by atoms with E-state index in [1.54, 1.807) is 0 Å². The second-order valence-electron chi connectivity index (χ2n) is 18.1. The first kappa shape index (κ1) is 38.5. The maximum atomic E-state index is 7.37. The second-order valence-corrected chi connectivity index (χ2v) is 18.1. The Morgan fingerprint density at radius 2 is 1.09 bits per heavy atom. The standard InChI is InChI=1S/C60H49BN2O/c1-38-35-39(2)52(40(3)36-38)55-57-50(42-23-11-5-12-24-42)37-51(43-25-13-6-14-26-43)62(57)61-63-56(45-29-17-8-18-30-45)54(53(58(55)63)44-27-15-7-16-28-44)49-34-20-33-48-47-32-19-31-46(59(47)64-60(48)49)41-21-9-4-10-22-41/h5-8,11-20,23-37,41H,4,9-10,21-22H2,1-3H3/q+1. The number of fused-ring (bicyclic) bond motifs is 5. The molecular weight excluding hydrogens is 775 g/mol. The van der Waals surface area contributed by atoms with Crippen molar-refractivity contribution in [2.24, 2.45) is 0 Å². The summed E-state index contributed by atoms with van der Waals surface area (Å²) in [4.78, 5) is 0. The van der Waals surface area contributed by atoms with Crippen molar-refractivity contribution < 1.29 is 8.90 Å². The minimum absolute atomic E-state index is 0.517. The van der Waals surface area contributed by atoms with Gasteiger partial charge in [0.25, 0.3) is 0 Å². The molecule has 0 bridgehead atoms. The lowest BCUT2D eigenvalue weighted by atomic mass is 9.81. The van der Waals surface area contributed by atoms with Gasteiger partial charge in [-0.2, -0.15) is 0 Å². The fourth-order valence-electron chi connectivity index (χ4n) is 11.4. The van der Waals surface area contributed by atoms with Crippen molar-refractivity contribution in [3.63, 3.8) is 0 Å². The van der Waals surface area contributed by atoms with Crippen LogP contribution in [0.25, 0.3) is 61.0 Å². The molecular formula is C60H49BN2O+. The smallest absolute Gasteiger partial charge is 0.455 e. The molecule has 0 spiro atoms. The van der Waals surface area contributed by atoms with E-state index in [9.17, 15) is 0 Å². The lowest BCUT2D eigenvalue weighted by Gasteiger charge is -2.25. The summed E-state index contributed by atoms with van der Waals surface area (Å²) in [5.74, 6) is 0.517. The van der Waals surface area contributed by atoms with Crippen molar-refractivity contribution in [1.82, 2.24) is 4.48 Å². The first-order chi connectivity index (χ1) is 31.5. The predicted molar refractivity (Wildman–Crippen MR) is 267 cm³/mol. The number of benzene rings is 7. The molecule has 307 valence electrons. The maximum absolute atomic E-state index is 7.37. The van der Waals surface area contributed by atoms with E-state index in [0.717, 1.165) is 44.6 Å². The molecule has 9 aromatic rings. The average molecular weight is 825 g/mol. The molecule has 1 radical (unpaired) electrons. The fourth-order valence-corrected chi connectivity index (χ4v) is 11.4. The molecule has 4 heterocycles. The number of hydrogen-bond acceptors (Lipinski definition) is 1. The summed E-state index contributed by atoms with van der Waals surface area (Å²) < 4.78 is 12.4. The number of furan rings is 1. The molecule has 2 aromatic heterocycles. The summed E-state index contributed by atoms with van der Waals surface area (Å²) in [7, 11) is 2.38. The molecule has 1 saturated carbocycles. The van der Waals surface area contributed by atoms with Crippen LogP contribution in [0.3, 0.4) is 0 Å². The topological polar surface area (TPSA) is 21.1 Å². The zero-order valence-corrected chi connectivity index (χ0v) is 36.7. The molecule has 0 amide bonds. The fraction of sp³-hybridized carbons (Fsp3) is 0.150. The number of aromatic nitrogens is 1. The molecule has 64 heavy (non-hydrogen) atoms. The van der Waals surface area contributed by atoms with Crippen LogP contribution in [0, 0.1) is 20.8 Å². The van der Waals surface area contributed by atoms with Gasteiger partial charge in [0.1, 0.15) is 11.2 Å². The van der Waals surface area contributed by atoms with Crippen LogP contribution >= 0.6 is 0 Å². The van der Waals surface area contributed by atoms with E-state index in [0.29, 0.717) is 5.92 Å². The van der Waals surface area contributed by atoms with Crippen LogP contribution in [0.1, 0.15) is 88.2 Å². The summed E-state index contributed by atoms with van der Waals surface area (Å²) in [6.45, 7) is 6.80. The highest BCUT2D eigenvalue weighted by atomic mass is 16.3. The number of para-hydroxylation sites is 2. The highest BCUT2D eigenvalue weighted by Gasteiger charge is 2.49. The quantitative estimate of drug-likeness (QED) is 0.147. The highest BCUT2D eigenvalue weighted by molar-refractivity contribution is 6.45. The Balaban J connectivity index is 1.27. The van der Waals surface area contributed by atoms with E-state index in [4.69, 9.17) is 4.42 Å². The molecule has 0 saturated heterocycles. The van der Waals surface area contributed by atoms with Gasteiger partial charge in [0.15, 0.2) is 5.71 Å². The molecule has 0 unspecified atom stereocenters. The summed E-state index contributed by atoms with van der Waals surface area (Å²) >= 11 is 0. The third-order valence-electron chi connectivity index (χ3n) is 14.0. The SMILES string of the molecule is Cc1cc(C)c(C2=C3C(c4ccccc4)=C(c4cccc5c4oc4c(C6CCCCC6)cccc45)C(c4ccccc4)=[N+]3[B]n3c(-c4ccccc4)cc(-c4ccccc4)c32)c(C)c1. The van der Waals surface area contributed by atoms with Gasteiger partial charge >= 0.3 is 7.55 Å². The van der Waals surface area contributed by atoms with E-state index in [1.807, 2.05) is 0 Å². The molecule has 3 nitrogen and oxygen atoms in total. The van der Waals surface area contributed by atoms with Crippen molar-refractivity contribution in [3.8, 4) is 22.4 Å². The summed E-state index contributed by atoms with van der Waals surface area (Å²) in [6.07, 6.45) is 6.31. The van der Waals surface area contributed by atoms with Gasteiger partial charge in [-0.15, -0.1) is 0 Å². The Labute approximate surface area is 376 Å². The molecule has 1 fully saturated rings. The van der Waals surface area contributed by atoms with Crippen molar-refractivity contribution in [1.29, 1.82) is 0 Å². The number of aryl methyl sites for hydroxylation is 3. The third-order valence-corrected chi connectivity index (χ3v) is 14.0. The normalized spacial score (nSPS) is 15.3. The minimum Gasteiger partial charge on any atom is -0.455 e. The molecule has 4 heteroatoms. The Morgan fingerprint density at radius 3 is 1.75 bits per heavy atom. The van der Waals surface area contributed by atoms with Crippen LogP contribution in [-0.2, 0) is 0 Å². The van der Waals surface area contributed by atoms with Crippen LogP contribution < -0.4 is 0 Å². The Hall–Kier alpha value is -7.17. The molecule has 7 aromatic carbocycles. The largest absolute Gasteiger partial charge is 0.700 e. The molecule has 3 aliphatic rings. The van der Waals surface area contributed by atoms with E-state index < -0.39 is 0 Å². The van der Waals surface area contributed by atoms with Gasteiger partial charge in [-0.3, -0.25) is 4.49 Å². The van der Waals surface area contributed by atoms with Gasteiger partial charge in [0.05, 0.1) is 22.4 Å². The van der Waals surface area contributed by atoms with Crippen LogP contribution in [0.5, 0.6) is 0 Å². The highest BCUT2D eigenvalue weighted by Crippen LogP contribution is 2.52. The van der Waals surface area contributed by atoms with Gasteiger partial charge in [0, 0.05) is 33.2 Å². The number of allylic oxidation sites excluding steroid dienone is 2. The molecule has 0 N–H and O–H groups in total. The van der Waals surface area contributed by atoms with Crippen molar-refractivity contribution >= 4 is 51.9 Å².